The SMILES string of the molecule is O=C(c1ccc(C(F)(F)F)cc1)N1CC[C@@H](Oc2ccc(Cl)cc2)[C@H](O)C1. The van der Waals surface area contributed by atoms with E-state index in [1.807, 2.05) is 0 Å². The number of carbonyl (C=O) groups is 1. The highest BCUT2D eigenvalue weighted by Crippen LogP contribution is 2.29. The monoisotopic (exact) mass is 399 g/mol. The highest BCUT2D eigenvalue weighted by atomic mass is 35.5. The van der Waals surface area contributed by atoms with Gasteiger partial charge in [-0.05, 0) is 48.5 Å². The van der Waals surface area contributed by atoms with Crippen LogP contribution < -0.4 is 4.74 Å². The number of piperidine rings is 1. The smallest absolute Gasteiger partial charge is 0.416 e. The Morgan fingerprint density at radius 3 is 2.30 bits per heavy atom. The number of rotatable bonds is 3. The fraction of sp³-hybridized carbons (Fsp3) is 0.316. The molecule has 0 aliphatic carbocycles. The molecule has 0 aromatic heterocycles. The molecule has 1 aliphatic heterocycles. The van der Waals surface area contributed by atoms with Gasteiger partial charge in [0, 0.05) is 23.6 Å². The van der Waals surface area contributed by atoms with Crippen molar-refractivity contribution in [3.05, 3.63) is 64.7 Å². The second-order valence-corrected chi connectivity index (χ2v) is 6.73. The molecule has 27 heavy (non-hydrogen) atoms. The Balaban J connectivity index is 1.61. The van der Waals surface area contributed by atoms with Crippen molar-refractivity contribution in [2.24, 2.45) is 0 Å². The highest BCUT2D eigenvalue weighted by molar-refractivity contribution is 6.30. The van der Waals surface area contributed by atoms with Crippen LogP contribution in [0.4, 0.5) is 13.2 Å². The van der Waals surface area contributed by atoms with Crippen molar-refractivity contribution in [3.63, 3.8) is 0 Å². The molecule has 0 bridgehead atoms. The number of benzene rings is 2. The summed E-state index contributed by atoms with van der Waals surface area (Å²) < 4.78 is 43.6. The van der Waals surface area contributed by atoms with Crippen LogP contribution in [0.2, 0.25) is 5.02 Å². The van der Waals surface area contributed by atoms with E-state index in [4.69, 9.17) is 16.3 Å². The van der Waals surface area contributed by atoms with E-state index in [9.17, 15) is 23.1 Å². The van der Waals surface area contributed by atoms with Crippen molar-refractivity contribution in [2.75, 3.05) is 13.1 Å². The fourth-order valence-corrected chi connectivity index (χ4v) is 3.03. The third-order valence-electron chi connectivity index (χ3n) is 4.37. The van der Waals surface area contributed by atoms with Gasteiger partial charge in [-0.15, -0.1) is 0 Å². The molecule has 2 atom stereocenters. The van der Waals surface area contributed by atoms with Gasteiger partial charge in [-0.3, -0.25) is 4.79 Å². The summed E-state index contributed by atoms with van der Waals surface area (Å²) >= 11 is 5.82. The first kappa shape index (κ1) is 19.5. The summed E-state index contributed by atoms with van der Waals surface area (Å²) in [5.74, 6) is 0.138. The van der Waals surface area contributed by atoms with Gasteiger partial charge in [0.25, 0.3) is 5.91 Å². The van der Waals surface area contributed by atoms with Crippen LogP contribution in [0.3, 0.4) is 0 Å². The van der Waals surface area contributed by atoms with Gasteiger partial charge >= 0.3 is 6.18 Å². The summed E-state index contributed by atoms with van der Waals surface area (Å²) in [4.78, 5) is 13.9. The number of nitrogens with zero attached hydrogens (tertiary/aromatic N) is 1. The molecule has 0 radical (unpaired) electrons. The summed E-state index contributed by atoms with van der Waals surface area (Å²) in [5.41, 5.74) is -0.665. The van der Waals surface area contributed by atoms with Crippen LogP contribution in [0, 0.1) is 0 Å². The molecule has 1 heterocycles. The molecule has 0 saturated carbocycles. The normalized spacial score (nSPS) is 20.4. The maximum absolute atomic E-state index is 12.6. The van der Waals surface area contributed by atoms with Crippen LogP contribution in [-0.2, 0) is 6.18 Å². The third kappa shape index (κ3) is 4.73. The van der Waals surface area contributed by atoms with Crippen molar-refractivity contribution < 1.29 is 27.8 Å². The van der Waals surface area contributed by atoms with Crippen LogP contribution in [0.5, 0.6) is 5.75 Å². The Labute approximate surface area is 159 Å². The van der Waals surface area contributed by atoms with Crippen LogP contribution in [0.15, 0.2) is 48.5 Å². The van der Waals surface area contributed by atoms with E-state index in [1.54, 1.807) is 24.3 Å². The van der Waals surface area contributed by atoms with Crippen LogP contribution >= 0.6 is 11.6 Å². The zero-order valence-electron chi connectivity index (χ0n) is 14.1. The van der Waals surface area contributed by atoms with Crippen LogP contribution in [-0.4, -0.2) is 41.2 Å². The Bertz CT molecular complexity index is 793. The minimum Gasteiger partial charge on any atom is -0.488 e. The quantitative estimate of drug-likeness (QED) is 0.848. The van der Waals surface area contributed by atoms with Gasteiger partial charge in [0.1, 0.15) is 18.0 Å². The van der Waals surface area contributed by atoms with Gasteiger partial charge in [0.05, 0.1) is 12.1 Å². The van der Waals surface area contributed by atoms with E-state index in [1.165, 1.54) is 4.90 Å². The number of carbonyl (C=O) groups excluding carboxylic acids is 1. The molecule has 0 spiro atoms. The number of halogens is 4. The Morgan fingerprint density at radius 2 is 1.74 bits per heavy atom. The van der Waals surface area contributed by atoms with Gasteiger partial charge in [0.2, 0.25) is 0 Å². The molecule has 1 saturated heterocycles. The van der Waals surface area contributed by atoms with Crippen molar-refractivity contribution in [1.29, 1.82) is 0 Å². The number of amides is 1. The Kier molecular flexibility index (Phi) is 5.62. The maximum atomic E-state index is 12.6. The largest absolute Gasteiger partial charge is 0.488 e. The molecule has 2 aromatic carbocycles. The van der Waals surface area contributed by atoms with E-state index in [-0.39, 0.29) is 12.1 Å². The highest BCUT2D eigenvalue weighted by Gasteiger charge is 2.33. The molecule has 0 unspecified atom stereocenters. The molecule has 1 amide bonds. The van der Waals surface area contributed by atoms with Gasteiger partial charge in [-0.1, -0.05) is 11.6 Å². The Hall–Kier alpha value is -2.25. The zero-order valence-corrected chi connectivity index (χ0v) is 14.9. The van der Waals surface area contributed by atoms with Crippen LogP contribution in [0.1, 0.15) is 22.3 Å². The molecule has 8 heteroatoms. The number of ether oxygens (including phenoxy) is 1. The number of hydrogen-bond donors (Lipinski definition) is 1. The minimum absolute atomic E-state index is 0.0398. The van der Waals surface area contributed by atoms with Gasteiger partial charge in [0.15, 0.2) is 0 Å². The summed E-state index contributed by atoms with van der Waals surface area (Å²) in [5, 5.41) is 10.9. The minimum atomic E-state index is -4.45. The molecule has 4 nitrogen and oxygen atoms in total. The third-order valence-corrected chi connectivity index (χ3v) is 4.62. The Morgan fingerprint density at radius 1 is 1.11 bits per heavy atom. The number of alkyl halides is 3. The summed E-state index contributed by atoms with van der Waals surface area (Å²) in [6.07, 6.45) is -5.44. The molecular weight excluding hydrogens is 383 g/mol. The lowest BCUT2D eigenvalue weighted by atomic mass is 10.0. The standard InChI is InChI=1S/C19H17ClF3NO3/c20-14-5-7-15(8-6-14)27-17-9-10-24(11-16(17)25)18(26)12-1-3-13(4-2-12)19(21,22)23/h1-8,16-17,25H,9-11H2/t16-,17-/m1/s1. The van der Waals surface area contributed by atoms with Gasteiger partial charge in [-0.25, -0.2) is 0 Å². The molecule has 2 aromatic rings. The summed E-state index contributed by atoms with van der Waals surface area (Å²) in [6.45, 7) is 0.368. The fourth-order valence-electron chi connectivity index (χ4n) is 2.90. The first-order chi connectivity index (χ1) is 12.7. The van der Waals surface area contributed by atoms with E-state index in [0.717, 1.165) is 24.3 Å². The van der Waals surface area contributed by atoms with Crippen molar-refractivity contribution in [2.45, 2.75) is 24.8 Å². The molecule has 3 rings (SSSR count). The maximum Gasteiger partial charge on any atom is 0.416 e. The first-order valence-electron chi connectivity index (χ1n) is 8.31. The van der Waals surface area contributed by atoms with E-state index in [0.29, 0.717) is 23.7 Å². The average Bonchev–Trinajstić information content (AvgIpc) is 2.64. The molecular formula is C19H17ClF3NO3. The van der Waals surface area contributed by atoms with Crippen molar-refractivity contribution in [3.8, 4) is 5.75 Å². The predicted molar refractivity (Wildman–Crippen MR) is 93.8 cm³/mol. The average molecular weight is 400 g/mol. The van der Waals surface area contributed by atoms with Crippen LogP contribution in [0.25, 0.3) is 0 Å². The zero-order chi connectivity index (χ0) is 19.6. The lowest BCUT2D eigenvalue weighted by molar-refractivity contribution is -0.137. The molecule has 144 valence electrons. The number of aliphatic hydroxyl groups is 1. The number of aliphatic hydroxyl groups excluding tert-OH is 1. The lowest BCUT2D eigenvalue weighted by Gasteiger charge is -2.36. The molecule has 1 fully saturated rings. The lowest BCUT2D eigenvalue weighted by Crippen LogP contribution is -2.51. The first-order valence-corrected chi connectivity index (χ1v) is 8.68. The van der Waals surface area contributed by atoms with E-state index >= 15 is 0 Å². The van der Waals surface area contributed by atoms with E-state index < -0.39 is 29.9 Å². The van der Waals surface area contributed by atoms with Crippen molar-refractivity contribution in [1.82, 2.24) is 4.90 Å². The number of β-amino-alcohol motifs (C(OH)–C–C–N with tert-alkyl or cyclic N) is 1. The number of likely N-dealkylation sites (tertiary alicyclic amines) is 1. The second kappa shape index (κ2) is 7.78. The molecule has 1 aliphatic rings. The van der Waals surface area contributed by atoms with Gasteiger partial charge < -0.3 is 14.7 Å². The summed E-state index contributed by atoms with van der Waals surface area (Å²) in [7, 11) is 0. The second-order valence-electron chi connectivity index (χ2n) is 6.29. The van der Waals surface area contributed by atoms with Crippen molar-refractivity contribution >= 4 is 17.5 Å². The van der Waals surface area contributed by atoms with E-state index in [2.05, 4.69) is 0 Å². The topological polar surface area (TPSA) is 49.8 Å². The predicted octanol–water partition coefficient (Wildman–Crippen LogP) is 4.01. The van der Waals surface area contributed by atoms with Gasteiger partial charge in [-0.2, -0.15) is 13.2 Å². The number of hydrogen-bond acceptors (Lipinski definition) is 3. The molecule has 1 N–H and O–H groups in total. The summed E-state index contributed by atoms with van der Waals surface area (Å²) in [6, 6.07) is 10.8.